The van der Waals surface area contributed by atoms with Crippen molar-refractivity contribution >= 4 is 29.6 Å². The molecule has 0 aromatic rings. The summed E-state index contributed by atoms with van der Waals surface area (Å²) < 4.78 is 305. The fourth-order valence-corrected chi connectivity index (χ4v) is 2.37. The van der Waals surface area contributed by atoms with Crippen LogP contribution in [-0.2, 0) is 9.47 Å². The predicted molar refractivity (Wildman–Crippen MR) is 68.4 cm³/mol. The van der Waals surface area contributed by atoms with E-state index in [1.165, 1.54) is 4.74 Å². The number of ether oxygens (including phenoxy) is 2. The second-order valence-electron chi connectivity index (χ2n) is 6.92. The van der Waals surface area contributed by atoms with Gasteiger partial charge in [-0.1, -0.05) is 0 Å². The monoisotopic (exact) mass is 653 g/mol. The largest absolute Gasteiger partial charge is 0.460 e. The van der Waals surface area contributed by atoms with Crippen molar-refractivity contribution in [2.24, 2.45) is 0 Å². The van der Waals surface area contributed by atoms with E-state index in [1.807, 2.05) is 0 Å². The average molecular weight is 653 g/mol. The Morgan fingerprint density at radius 1 is 0.436 bits per heavy atom. The smallest absolute Gasteiger partial charge is 0.332 e. The van der Waals surface area contributed by atoms with E-state index in [9.17, 15) is 101 Å². The molecule has 229 valence electrons. The third-order valence-corrected chi connectivity index (χ3v) is 4.43. The molecule has 1 fully saturated rings. The molecule has 1 saturated heterocycles. The molecule has 27 heteroatoms. The molecule has 1 heterocycles. The maximum absolute atomic E-state index is 14.3. The Kier molecular flexibility index (Phi) is 8.96. The molecule has 0 amide bonds. The van der Waals surface area contributed by atoms with E-state index in [2.05, 4.69) is 0 Å². The van der Waals surface area contributed by atoms with Gasteiger partial charge in [-0.2, -0.15) is 101 Å². The molecule has 1 N–H and O–H groups in total. The van der Waals surface area contributed by atoms with Gasteiger partial charge in [0.15, 0.2) is 0 Å². The molecule has 2 atom stereocenters. The molecule has 0 saturated carbocycles. The number of hydrogen-bond acceptors (Lipinski definition) is 3. The van der Waals surface area contributed by atoms with Gasteiger partial charge in [-0.15, -0.1) is 0 Å². The van der Waals surface area contributed by atoms with Crippen molar-refractivity contribution in [3.63, 3.8) is 0 Å². The van der Waals surface area contributed by atoms with E-state index < -0.39 is 71.7 Å². The van der Waals surface area contributed by atoms with Gasteiger partial charge in [0.05, 0.1) is 0 Å². The third-order valence-electron chi connectivity index (χ3n) is 4.43. The van der Waals surface area contributed by atoms with Crippen LogP contribution in [0.3, 0.4) is 0 Å². The SMILES string of the molecule is OC(F)(F)C1(C(F)(F)C(F)(F)C(F)(F)C(F)(F)F)OC(F)(F)C(F)(C(F)(F)C(F)(F)C(F)(F)C(F)(F)F)O1.[Na]. The molecule has 1 aliphatic rings. The summed E-state index contributed by atoms with van der Waals surface area (Å²) in [5.74, 6) is -68.9. The number of halogens is 23. The zero-order valence-electron chi connectivity index (χ0n) is 17.0. The van der Waals surface area contributed by atoms with Crippen molar-refractivity contribution in [3.8, 4) is 0 Å². The Morgan fingerprint density at radius 2 is 0.718 bits per heavy atom. The molecule has 1 rings (SSSR count). The zero-order chi connectivity index (χ0) is 31.4. The van der Waals surface area contributed by atoms with Crippen LogP contribution in [0, 0.1) is 0 Å². The zero-order valence-corrected chi connectivity index (χ0v) is 19.0. The first-order valence-electron chi connectivity index (χ1n) is 7.89. The van der Waals surface area contributed by atoms with Gasteiger partial charge in [-0.25, -0.2) is 0 Å². The molecular formula is C12HF23NaO3. The molecule has 1 radical (unpaired) electrons. The number of alkyl halides is 23. The minimum absolute atomic E-state index is 0. The molecule has 0 spiro atoms. The molecule has 3 nitrogen and oxygen atoms in total. The first-order valence-corrected chi connectivity index (χ1v) is 7.89. The van der Waals surface area contributed by atoms with E-state index in [4.69, 9.17) is 5.11 Å². The third kappa shape index (κ3) is 4.52. The molecular weight excluding hydrogens is 652 g/mol. The Labute approximate surface area is 217 Å². The molecule has 0 aromatic carbocycles. The number of hydrogen-bond donors (Lipinski definition) is 1. The fraction of sp³-hybridized carbons (Fsp3) is 1.00. The van der Waals surface area contributed by atoms with Crippen LogP contribution >= 0.6 is 0 Å². The second-order valence-corrected chi connectivity index (χ2v) is 6.92. The van der Waals surface area contributed by atoms with E-state index in [0.717, 1.165) is 0 Å². The van der Waals surface area contributed by atoms with Crippen LogP contribution in [0.25, 0.3) is 0 Å². The van der Waals surface area contributed by atoms with Crippen molar-refractivity contribution in [2.45, 2.75) is 71.7 Å². The van der Waals surface area contributed by atoms with Gasteiger partial charge in [0.1, 0.15) is 0 Å². The van der Waals surface area contributed by atoms with Crippen molar-refractivity contribution in [3.05, 3.63) is 0 Å². The van der Waals surface area contributed by atoms with Gasteiger partial charge in [0.2, 0.25) is 0 Å². The topological polar surface area (TPSA) is 38.7 Å². The van der Waals surface area contributed by atoms with E-state index in [1.54, 1.807) is 4.74 Å². The Balaban J connectivity index is 0.0000144. The van der Waals surface area contributed by atoms with Crippen molar-refractivity contribution in [2.75, 3.05) is 0 Å². The van der Waals surface area contributed by atoms with Gasteiger partial charge >= 0.3 is 71.7 Å². The Bertz CT molecular complexity index is 917. The quantitative estimate of drug-likeness (QED) is 0.266. The van der Waals surface area contributed by atoms with Gasteiger partial charge in [-0.05, 0) is 0 Å². The van der Waals surface area contributed by atoms with Crippen molar-refractivity contribution in [1.82, 2.24) is 0 Å². The maximum Gasteiger partial charge on any atom is 0.460 e. The van der Waals surface area contributed by atoms with Crippen LogP contribution in [0.4, 0.5) is 101 Å². The van der Waals surface area contributed by atoms with Crippen LogP contribution < -0.4 is 0 Å². The first-order chi connectivity index (χ1) is 15.9. The summed E-state index contributed by atoms with van der Waals surface area (Å²) in [6, 6.07) is 0. The van der Waals surface area contributed by atoms with Crippen LogP contribution in [0.5, 0.6) is 0 Å². The molecule has 0 aliphatic carbocycles. The van der Waals surface area contributed by atoms with Gasteiger partial charge in [-0.3, -0.25) is 9.47 Å². The Morgan fingerprint density at radius 3 is 0.974 bits per heavy atom. The van der Waals surface area contributed by atoms with Crippen LogP contribution in [0.15, 0.2) is 0 Å². The normalized spacial score (nSPS) is 26.5. The number of rotatable bonds is 7. The predicted octanol–water partition coefficient (Wildman–Crippen LogP) is 6.13. The summed E-state index contributed by atoms with van der Waals surface area (Å²) in [5.41, 5.74) is 0. The fourth-order valence-electron chi connectivity index (χ4n) is 2.37. The number of aliphatic hydroxyl groups is 1. The standard InChI is InChI=1S/C12HF23O3.Na/c13-1(14,5(21,22)9(26,27)28)3(17,18)7(25)12(34,35)38-8(37-7,11(32,33)36)4(19,20)2(15,16)6(23,24)10(29,30)31;/h36H;. The summed E-state index contributed by atoms with van der Waals surface area (Å²) in [5, 5.41) is 8.17. The molecule has 2 unspecified atom stereocenters. The minimum Gasteiger partial charge on any atom is -0.332 e. The van der Waals surface area contributed by atoms with Crippen LogP contribution in [0.2, 0.25) is 0 Å². The van der Waals surface area contributed by atoms with Crippen LogP contribution in [0.1, 0.15) is 0 Å². The van der Waals surface area contributed by atoms with Crippen molar-refractivity contribution in [1.29, 1.82) is 0 Å². The summed E-state index contributed by atoms with van der Waals surface area (Å²) in [6.45, 7) is 0. The summed E-state index contributed by atoms with van der Waals surface area (Å²) >= 11 is 0. The summed E-state index contributed by atoms with van der Waals surface area (Å²) in [4.78, 5) is 0. The van der Waals surface area contributed by atoms with Gasteiger partial charge < -0.3 is 5.11 Å². The Hall–Kier alpha value is -0.730. The molecule has 0 aromatic heterocycles. The van der Waals surface area contributed by atoms with E-state index >= 15 is 0 Å². The second kappa shape index (κ2) is 9.13. The van der Waals surface area contributed by atoms with Crippen molar-refractivity contribution < 1.29 is 116 Å². The molecule has 1 aliphatic heterocycles. The minimum atomic E-state index is -8.88. The van der Waals surface area contributed by atoms with E-state index in [0.29, 0.717) is 0 Å². The molecule has 0 bridgehead atoms. The molecule has 39 heavy (non-hydrogen) atoms. The maximum atomic E-state index is 14.3. The van der Waals surface area contributed by atoms with Gasteiger partial charge in [0, 0.05) is 29.6 Å². The summed E-state index contributed by atoms with van der Waals surface area (Å²) in [6.07, 6.45) is -32.1. The summed E-state index contributed by atoms with van der Waals surface area (Å²) in [7, 11) is 0. The van der Waals surface area contributed by atoms with Crippen LogP contribution in [-0.4, -0.2) is 106 Å². The van der Waals surface area contributed by atoms with Gasteiger partial charge in [0.25, 0.3) is 0 Å². The first kappa shape index (κ1) is 38.3. The average Bonchev–Trinajstić information content (AvgIpc) is 2.87. The van der Waals surface area contributed by atoms with E-state index in [-0.39, 0.29) is 29.6 Å².